The summed E-state index contributed by atoms with van der Waals surface area (Å²) >= 11 is 0. The van der Waals surface area contributed by atoms with Crippen LogP contribution in [0.25, 0.3) is 5.82 Å². The van der Waals surface area contributed by atoms with Gasteiger partial charge in [-0.1, -0.05) is 0 Å². The van der Waals surface area contributed by atoms with Crippen molar-refractivity contribution >= 4 is 5.97 Å². The van der Waals surface area contributed by atoms with Crippen LogP contribution in [0.2, 0.25) is 0 Å². The summed E-state index contributed by atoms with van der Waals surface area (Å²) in [5.41, 5.74) is 0.348. The number of methoxy groups -OCH3 is 1. The predicted molar refractivity (Wildman–Crippen MR) is 61.7 cm³/mol. The molecule has 2 aromatic heterocycles. The fourth-order valence-corrected chi connectivity index (χ4v) is 1.34. The Kier molecular flexibility index (Phi) is 3.52. The van der Waals surface area contributed by atoms with Crippen LogP contribution in [0.1, 0.15) is 17.3 Å². The highest BCUT2D eigenvalue weighted by Crippen LogP contribution is 2.10. The van der Waals surface area contributed by atoms with Gasteiger partial charge in [-0.25, -0.2) is 9.48 Å². The van der Waals surface area contributed by atoms with Crippen molar-refractivity contribution in [2.75, 3.05) is 13.7 Å². The lowest BCUT2D eigenvalue weighted by molar-refractivity contribution is 0.0600. The van der Waals surface area contributed by atoms with E-state index in [1.165, 1.54) is 36.6 Å². The minimum Gasteiger partial charge on any atom is -0.477 e. The highest BCUT2D eigenvalue weighted by molar-refractivity contribution is 5.88. The van der Waals surface area contributed by atoms with Crippen LogP contribution in [-0.4, -0.2) is 39.4 Å². The smallest absolute Gasteiger partial charge is 0.341 e. The Labute approximate surface area is 103 Å². The van der Waals surface area contributed by atoms with Gasteiger partial charge in [-0.3, -0.25) is 4.98 Å². The fourth-order valence-electron chi connectivity index (χ4n) is 1.34. The molecule has 0 aromatic carbocycles. The van der Waals surface area contributed by atoms with Crippen LogP contribution < -0.4 is 4.74 Å². The zero-order chi connectivity index (χ0) is 13.0. The second kappa shape index (κ2) is 5.26. The van der Waals surface area contributed by atoms with Crippen molar-refractivity contribution in [3.05, 3.63) is 30.4 Å². The van der Waals surface area contributed by atoms with Gasteiger partial charge in [0.25, 0.3) is 0 Å². The Hall–Kier alpha value is -2.44. The van der Waals surface area contributed by atoms with Crippen molar-refractivity contribution in [2.24, 2.45) is 0 Å². The van der Waals surface area contributed by atoms with Gasteiger partial charge in [0.15, 0.2) is 5.82 Å². The van der Waals surface area contributed by atoms with Gasteiger partial charge in [0.2, 0.25) is 5.88 Å². The number of aromatic nitrogens is 4. The highest BCUT2D eigenvalue weighted by atomic mass is 16.5. The van der Waals surface area contributed by atoms with Crippen LogP contribution in [0.15, 0.2) is 24.8 Å². The lowest BCUT2D eigenvalue weighted by Crippen LogP contribution is -2.03. The third-order valence-electron chi connectivity index (χ3n) is 2.13. The molecule has 2 heterocycles. The summed E-state index contributed by atoms with van der Waals surface area (Å²) in [5, 5.41) is 4.01. The average Bonchev–Trinajstić information content (AvgIpc) is 2.88. The van der Waals surface area contributed by atoms with Gasteiger partial charge < -0.3 is 9.47 Å². The molecular weight excluding hydrogens is 236 g/mol. The number of nitrogens with zero attached hydrogens (tertiary/aromatic N) is 4. The Balaban J connectivity index is 2.28. The maximum atomic E-state index is 11.3. The summed E-state index contributed by atoms with van der Waals surface area (Å²) in [4.78, 5) is 19.5. The Morgan fingerprint density at radius 1 is 1.39 bits per heavy atom. The molecule has 7 heteroatoms. The van der Waals surface area contributed by atoms with Crippen LogP contribution in [0.3, 0.4) is 0 Å². The number of carbonyl (C=O) groups is 1. The fraction of sp³-hybridized carbons (Fsp3) is 0.273. The summed E-state index contributed by atoms with van der Waals surface area (Å²) in [7, 11) is 1.31. The Morgan fingerprint density at radius 3 is 2.94 bits per heavy atom. The molecule has 0 saturated carbocycles. The first-order valence-electron chi connectivity index (χ1n) is 5.32. The van der Waals surface area contributed by atoms with Gasteiger partial charge in [0.05, 0.1) is 37.9 Å². The molecule has 0 aliphatic rings. The second-order valence-corrected chi connectivity index (χ2v) is 3.31. The van der Waals surface area contributed by atoms with Gasteiger partial charge in [-0.2, -0.15) is 10.1 Å². The van der Waals surface area contributed by atoms with Crippen molar-refractivity contribution in [1.29, 1.82) is 0 Å². The molecule has 2 aromatic rings. The second-order valence-electron chi connectivity index (χ2n) is 3.31. The van der Waals surface area contributed by atoms with E-state index in [1.807, 2.05) is 6.92 Å². The lowest BCUT2D eigenvalue weighted by Gasteiger charge is -2.03. The SMILES string of the molecule is CCOc1cncc(-n2cc(C(=O)OC)cn2)n1. The van der Waals surface area contributed by atoms with E-state index in [2.05, 4.69) is 19.8 Å². The standard InChI is InChI=1S/C11H12N4O3/c1-3-18-10-6-12-5-9(14-10)15-7-8(4-13-15)11(16)17-2/h4-7H,3H2,1-2H3. The third-order valence-corrected chi connectivity index (χ3v) is 2.13. The molecule has 0 radical (unpaired) electrons. The van der Waals surface area contributed by atoms with Crippen LogP contribution >= 0.6 is 0 Å². The molecule has 0 bridgehead atoms. The average molecular weight is 248 g/mol. The van der Waals surface area contributed by atoms with Gasteiger partial charge in [-0.15, -0.1) is 0 Å². The summed E-state index contributed by atoms with van der Waals surface area (Å²) < 4.78 is 11.3. The van der Waals surface area contributed by atoms with Crippen molar-refractivity contribution in [3.8, 4) is 11.7 Å². The molecule has 0 saturated heterocycles. The van der Waals surface area contributed by atoms with E-state index in [1.54, 1.807) is 0 Å². The molecule has 0 fully saturated rings. The topological polar surface area (TPSA) is 79.1 Å². The number of hydrogen-bond donors (Lipinski definition) is 0. The molecule has 0 amide bonds. The minimum atomic E-state index is -0.449. The highest BCUT2D eigenvalue weighted by Gasteiger charge is 2.10. The summed E-state index contributed by atoms with van der Waals surface area (Å²) in [5.74, 6) is 0.427. The van der Waals surface area contributed by atoms with Crippen molar-refractivity contribution in [1.82, 2.24) is 19.7 Å². The number of hydrogen-bond acceptors (Lipinski definition) is 6. The molecule has 0 atom stereocenters. The summed E-state index contributed by atoms with van der Waals surface area (Å²) in [6.45, 7) is 2.36. The van der Waals surface area contributed by atoms with E-state index >= 15 is 0 Å². The lowest BCUT2D eigenvalue weighted by atomic mass is 10.4. The normalized spacial score (nSPS) is 10.1. The number of ether oxygens (including phenoxy) is 2. The molecule has 2 rings (SSSR count). The van der Waals surface area contributed by atoms with E-state index in [-0.39, 0.29) is 0 Å². The van der Waals surface area contributed by atoms with Gasteiger partial charge in [0.1, 0.15) is 0 Å². The van der Waals surface area contributed by atoms with Crippen LogP contribution in [0.4, 0.5) is 0 Å². The molecular formula is C11H12N4O3. The first kappa shape index (κ1) is 12.0. The van der Waals surface area contributed by atoms with Crippen molar-refractivity contribution < 1.29 is 14.3 Å². The van der Waals surface area contributed by atoms with Crippen LogP contribution in [0, 0.1) is 0 Å². The maximum absolute atomic E-state index is 11.3. The quantitative estimate of drug-likeness (QED) is 0.746. The van der Waals surface area contributed by atoms with E-state index in [9.17, 15) is 4.79 Å². The van der Waals surface area contributed by atoms with E-state index < -0.39 is 5.97 Å². The van der Waals surface area contributed by atoms with Gasteiger partial charge >= 0.3 is 5.97 Å². The third kappa shape index (κ3) is 2.45. The predicted octanol–water partition coefficient (Wildman–Crippen LogP) is 0.848. The Bertz CT molecular complexity index is 553. The minimum absolute atomic E-state index is 0.348. The van der Waals surface area contributed by atoms with Crippen LogP contribution in [-0.2, 0) is 4.74 Å². The van der Waals surface area contributed by atoms with Gasteiger partial charge in [0, 0.05) is 6.20 Å². The number of carbonyl (C=O) groups excluding carboxylic acids is 1. The zero-order valence-corrected chi connectivity index (χ0v) is 10.0. The van der Waals surface area contributed by atoms with Gasteiger partial charge in [-0.05, 0) is 6.92 Å². The number of rotatable bonds is 4. The molecule has 0 aliphatic carbocycles. The molecule has 0 N–H and O–H groups in total. The maximum Gasteiger partial charge on any atom is 0.341 e. The number of esters is 1. The molecule has 0 aliphatic heterocycles. The van der Waals surface area contributed by atoms with Crippen molar-refractivity contribution in [2.45, 2.75) is 6.92 Å². The largest absolute Gasteiger partial charge is 0.477 e. The first-order valence-corrected chi connectivity index (χ1v) is 5.32. The molecule has 7 nitrogen and oxygen atoms in total. The van der Waals surface area contributed by atoms with Crippen molar-refractivity contribution in [3.63, 3.8) is 0 Å². The molecule has 0 spiro atoms. The zero-order valence-electron chi connectivity index (χ0n) is 10.0. The van der Waals surface area contributed by atoms with E-state index in [0.29, 0.717) is 23.9 Å². The van der Waals surface area contributed by atoms with E-state index in [4.69, 9.17) is 4.74 Å². The monoisotopic (exact) mass is 248 g/mol. The Morgan fingerprint density at radius 2 is 2.22 bits per heavy atom. The van der Waals surface area contributed by atoms with Crippen LogP contribution in [0.5, 0.6) is 5.88 Å². The summed E-state index contributed by atoms with van der Waals surface area (Å²) in [6, 6.07) is 0. The van der Waals surface area contributed by atoms with E-state index in [0.717, 1.165) is 0 Å². The molecule has 94 valence electrons. The molecule has 0 unspecified atom stereocenters. The summed E-state index contributed by atoms with van der Waals surface area (Å²) in [6.07, 6.45) is 5.96. The molecule has 18 heavy (non-hydrogen) atoms. The first-order chi connectivity index (χ1) is 8.74.